The number of rotatable bonds is 9. The molecule has 29 heavy (non-hydrogen) atoms. The number of methoxy groups -OCH3 is 1. The van der Waals surface area contributed by atoms with Crippen molar-refractivity contribution in [3.05, 3.63) is 68.3 Å². The van der Waals surface area contributed by atoms with Crippen molar-refractivity contribution in [1.82, 2.24) is 0 Å². The average Bonchev–Trinajstić information content (AvgIpc) is 2.71. The van der Waals surface area contributed by atoms with E-state index in [0.29, 0.717) is 11.3 Å². The Morgan fingerprint density at radius 1 is 1.10 bits per heavy atom. The van der Waals surface area contributed by atoms with Crippen molar-refractivity contribution >= 4 is 28.7 Å². The van der Waals surface area contributed by atoms with Crippen LogP contribution in [-0.2, 0) is 9.53 Å². The lowest BCUT2D eigenvalue weighted by molar-refractivity contribution is -0.393. The van der Waals surface area contributed by atoms with Crippen LogP contribution in [0.4, 0.5) is 17.1 Å². The third kappa shape index (κ3) is 5.73. The van der Waals surface area contributed by atoms with E-state index in [1.54, 1.807) is 31.2 Å². The molecule has 11 nitrogen and oxygen atoms in total. The first kappa shape index (κ1) is 21.3. The summed E-state index contributed by atoms with van der Waals surface area (Å²) in [4.78, 5) is 32.5. The Kier molecular flexibility index (Phi) is 7.18. The SMILES string of the molecule is CCOC(=O)C/C(=N\Nc1ccc([N+](=O)[O-])cc1[N+](=O)[O-])c1ccc(OC)cc1. The summed E-state index contributed by atoms with van der Waals surface area (Å²) in [5, 5.41) is 26.2. The van der Waals surface area contributed by atoms with Gasteiger partial charge in [-0.25, -0.2) is 0 Å². The molecule has 0 aliphatic heterocycles. The molecule has 2 aromatic carbocycles. The van der Waals surface area contributed by atoms with E-state index < -0.39 is 27.2 Å². The molecule has 0 saturated carbocycles. The summed E-state index contributed by atoms with van der Waals surface area (Å²) in [5.74, 6) is 0.0743. The van der Waals surface area contributed by atoms with Crippen LogP contribution < -0.4 is 10.2 Å². The summed E-state index contributed by atoms with van der Waals surface area (Å²) >= 11 is 0. The minimum atomic E-state index is -0.761. The molecule has 2 rings (SSSR count). The summed E-state index contributed by atoms with van der Waals surface area (Å²) in [7, 11) is 1.51. The molecule has 0 amide bonds. The Balaban J connectivity index is 2.38. The summed E-state index contributed by atoms with van der Waals surface area (Å²) in [6.45, 7) is 1.86. The molecule has 0 heterocycles. The van der Waals surface area contributed by atoms with Crippen LogP contribution in [0.5, 0.6) is 5.75 Å². The maximum Gasteiger partial charge on any atom is 0.311 e. The second-order valence-corrected chi connectivity index (χ2v) is 5.60. The van der Waals surface area contributed by atoms with Gasteiger partial charge in [-0.2, -0.15) is 5.10 Å². The van der Waals surface area contributed by atoms with Gasteiger partial charge in [-0.15, -0.1) is 0 Å². The van der Waals surface area contributed by atoms with Gasteiger partial charge in [0.25, 0.3) is 5.69 Å². The molecule has 0 aliphatic carbocycles. The number of nitro groups is 2. The number of non-ortho nitro benzene ring substituents is 1. The van der Waals surface area contributed by atoms with Gasteiger partial charge in [-0.3, -0.25) is 30.4 Å². The number of carbonyl (C=O) groups is 1. The van der Waals surface area contributed by atoms with Gasteiger partial charge < -0.3 is 9.47 Å². The van der Waals surface area contributed by atoms with Gasteiger partial charge in [0.05, 0.1) is 41.8 Å². The number of benzene rings is 2. The molecule has 152 valence electrons. The molecule has 0 radical (unpaired) electrons. The number of hydrogen-bond acceptors (Lipinski definition) is 9. The van der Waals surface area contributed by atoms with Crippen LogP contribution in [-0.4, -0.2) is 35.2 Å². The highest BCUT2D eigenvalue weighted by molar-refractivity contribution is 6.09. The lowest BCUT2D eigenvalue weighted by Gasteiger charge is -2.09. The van der Waals surface area contributed by atoms with E-state index in [4.69, 9.17) is 9.47 Å². The fraction of sp³-hybridized carbons (Fsp3) is 0.222. The molecule has 0 bridgehead atoms. The number of hydrogen-bond donors (Lipinski definition) is 1. The van der Waals surface area contributed by atoms with Crippen molar-refractivity contribution in [2.75, 3.05) is 19.1 Å². The Hall–Kier alpha value is -4.02. The molecular formula is C18H18N4O7. The zero-order valence-electron chi connectivity index (χ0n) is 15.7. The molecule has 2 aromatic rings. The number of nitro benzene ring substituents is 2. The van der Waals surface area contributed by atoms with Crippen molar-refractivity contribution in [2.45, 2.75) is 13.3 Å². The minimum absolute atomic E-state index is 0.0597. The predicted molar refractivity (Wildman–Crippen MR) is 104 cm³/mol. The summed E-state index contributed by atoms with van der Waals surface area (Å²) < 4.78 is 10.0. The van der Waals surface area contributed by atoms with Gasteiger partial charge >= 0.3 is 11.7 Å². The van der Waals surface area contributed by atoms with Crippen LogP contribution in [0.25, 0.3) is 0 Å². The fourth-order valence-corrected chi connectivity index (χ4v) is 2.35. The zero-order valence-corrected chi connectivity index (χ0v) is 15.7. The van der Waals surface area contributed by atoms with E-state index in [9.17, 15) is 25.0 Å². The van der Waals surface area contributed by atoms with Gasteiger partial charge in [0.15, 0.2) is 0 Å². The van der Waals surface area contributed by atoms with Crippen LogP contribution in [0, 0.1) is 20.2 Å². The number of nitrogens with one attached hydrogen (secondary N) is 1. The quantitative estimate of drug-likeness (QED) is 0.291. The standard InChI is InChI=1S/C18H18N4O7/c1-3-29-18(23)11-16(12-4-7-14(28-2)8-5-12)20-19-15-9-6-13(21(24)25)10-17(15)22(26)27/h4-10,19H,3,11H2,1-2H3/b20-16+. The molecule has 0 unspecified atom stereocenters. The number of esters is 1. The first-order chi connectivity index (χ1) is 13.8. The zero-order chi connectivity index (χ0) is 21.4. The number of nitrogens with zero attached hydrogens (tertiary/aromatic N) is 3. The van der Waals surface area contributed by atoms with Crippen molar-refractivity contribution < 1.29 is 24.1 Å². The van der Waals surface area contributed by atoms with Gasteiger partial charge in [0.2, 0.25) is 0 Å². The second-order valence-electron chi connectivity index (χ2n) is 5.60. The van der Waals surface area contributed by atoms with E-state index in [0.717, 1.165) is 12.1 Å². The maximum atomic E-state index is 11.9. The maximum absolute atomic E-state index is 11.9. The molecule has 1 N–H and O–H groups in total. The largest absolute Gasteiger partial charge is 0.497 e. The van der Waals surface area contributed by atoms with Crippen molar-refractivity contribution in [1.29, 1.82) is 0 Å². The summed E-state index contributed by atoms with van der Waals surface area (Å²) in [6.07, 6.45) is -0.187. The highest BCUT2D eigenvalue weighted by Gasteiger charge is 2.20. The first-order valence-electron chi connectivity index (χ1n) is 8.41. The van der Waals surface area contributed by atoms with Crippen LogP contribution in [0.1, 0.15) is 18.9 Å². The molecule has 0 spiro atoms. The molecule has 0 fully saturated rings. The van der Waals surface area contributed by atoms with Gasteiger partial charge in [-0.05, 0) is 42.8 Å². The third-order valence-electron chi connectivity index (χ3n) is 3.74. The van der Waals surface area contributed by atoms with Crippen molar-refractivity contribution in [2.24, 2.45) is 5.10 Å². The van der Waals surface area contributed by atoms with Crippen molar-refractivity contribution in [3.63, 3.8) is 0 Å². The fourth-order valence-electron chi connectivity index (χ4n) is 2.35. The normalized spacial score (nSPS) is 10.9. The van der Waals surface area contributed by atoms with Gasteiger partial charge in [0.1, 0.15) is 11.4 Å². The lowest BCUT2D eigenvalue weighted by atomic mass is 10.1. The molecule has 0 aliphatic rings. The smallest absolute Gasteiger partial charge is 0.311 e. The Morgan fingerprint density at radius 2 is 1.79 bits per heavy atom. The van der Waals surface area contributed by atoms with E-state index in [-0.39, 0.29) is 24.4 Å². The summed E-state index contributed by atoms with van der Waals surface area (Å²) in [5.41, 5.74) is 2.35. The first-order valence-corrected chi connectivity index (χ1v) is 8.41. The van der Waals surface area contributed by atoms with Crippen LogP contribution in [0.15, 0.2) is 47.6 Å². The number of ether oxygens (including phenoxy) is 2. The molecule has 11 heteroatoms. The lowest BCUT2D eigenvalue weighted by Crippen LogP contribution is -2.14. The minimum Gasteiger partial charge on any atom is -0.497 e. The van der Waals surface area contributed by atoms with Crippen LogP contribution >= 0.6 is 0 Å². The predicted octanol–water partition coefficient (Wildman–Crippen LogP) is 3.28. The van der Waals surface area contributed by atoms with E-state index in [1.165, 1.54) is 13.2 Å². The Bertz CT molecular complexity index is 942. The average molecular weight is 402 g/mol. The number of hydrazone groups is 1. The van der Waals surface area contributed by atoms with Gasteiger partial charge in [-0.1, -0.05) is 0 Å². The highest BCUT2D eigenvalue weighted by Crippen LogP contribution is 2.29. The topological polar surface area (TPSA) is 146 Å². The van der Waals surface area contributed by atoms with Crippen LogP contribution in [0.2, 0.25) is 0 Å². The molecule has 0 saturated heterocycles. The third-order valence-corrected chi connectivity index (χ3v) is 3.74. The van der Waals surface area contributed by atoms with E-state index in [2.05, 4.69) is 10.5 Å². The summed E-state index contributed by atoms with van der Waals surface area (Å²) in [6, 6.07) is 9.80. The van der Waals surface area contributed by atoms with Crippen LogP contribution in [0.3, 0.4) is 0 Å². The van der Waals surface area contributed by atoms with Gasteiger partial charge in [0, 0.05) is 6.07 Å². The van der Waals surface area contributed by atoms with E-state index >= 15 is 0 Å². The Labute approximate surface area is 165 Å². The monoisotopic (exact) mass is 402 g/mol. The molecule has 0 aromatic heterocycles. The number of anilines is 1. The molecule has 0 atom stereocenters. The Morgan fingerprint density at radius 3 is 2.34 bits per heavy atom. The number of carbonyl (C=O) groups excluding carboxylic acids is 1. The van der Waals surface area contributed by atoms with E-state index in [1.807, 2.05) is 0 Å². The highest BCUT2D eigenvalue weighted by atomic mass is 16.6. The van der Waals surface area contributed by atoms with Crippen molar-refractivity contribution in [3.8, 4) is 5.75 Å². The molecular weight excluding hydrogens is 384 g/mol. The second kappa shape index (κ2) is 9.78.